The van der Waals surface area contributed by atoms with E-state index in [1.165, 1.54) is 33.6 Å². The van der Waals surface area contributed by atoms with Crippen LogP contribution >= 0.6 is 0 Å². The number of carbonyl (C=O) groups is 2. The Morgan fingerprint density at radius 3 is 2.39 bits per heavy atom. The number of nitrogens with zero attached hydrogens (tertiary/aromatic N) is 1. The van der Waals surface area contributed by atoms with Gasteiger partial charge in [-0.3, -0.25) is 14.6 Å². The first-order valence-corrected chi connectivity index (χ1v) is 9.39. The Balaban J connectivity index is 2.01. The number of ether oxygens (including phenoxy) is 3. The van der Waals surface area contributed by atoms with E-state index in [9.17, 15) is 9.59 Å². The van der Waals surface area contributed by atoms with Crippen LogP contribution in [0.15, 0.2) is 72.6 Å². The van der Waals surface area contributed by atoms with Gasteiger partial charge in [0, 0.05) is 29.7 Å². The lowest BCUT2D eigenvalue weighted by Gasteiger charge is -2.11. The van der Waals surface area contributed by atoms with Crippen LogP contribution in [0.4, 0.5) is 5.69 Å². The molecule has 7 heteroatoms. The maximum absolute atomic E-state index is 13.1. The summed E-state index contributed by atoms with van der Waals surface area (Å²) in [6.07, 6.45) is 4.49. The number of pyridine rings is 1. The lowest BCUT2D eigenvalue weighted by atomic mass is 10.0. The molecular weight excluding hydrogens is 396 g/mol. The second kappa shape index (κ2) is 10.1. The third-order valence-corrected chi connectivity index (χ3v) is 4.46. The number of aromatic nitrogens is 1. The predicted octanol–water partition coefficient (Wildman–Crippen LogP) is 4.01. The molecule has 31 heavy (non-hydrogen) atoms. The summed E-state index contributed by atoms with van der Waals surface area (Å²) in [5, 5.41) is 2.75. The number of hydrogen-bond donors (Lipinski definition) is 1. The summed E-state index contributed by atoms with van der Waals surface area (Å²) in [5.74, 6) is 0.597. The number of ketones is 1. The highest BCUT2D eigenvalue weighted by Crippen LogP contribution is 2.29. The van der Waals surface area contributed by atoms with Crippen molar-refractivity contribution in [3.63, 3.8) is 0 Å². The van der Waals surface area contributed by atoms with Gasteiger partial charge in [-0.2, -0.15) is 0 Å². The molecule has 0 fully saturated rings. The average Bonchev–Trinajstić information content (AvgIpc) is 2.82. The van der Waals surface area contributed by atoms with E-state index in [2.05, 4.69) is 10.3 Å². The van der Waals surface area contributed by atoms with Gasteiger partial charge in [-0.25, -0.2) is 0 Å². The van der Waals surface area contributed by atoms with Crippen molar-refractivity contribution in [2.24, 2.45) is 0 Å². The minimum Gasteiger partial charge on any atom is -0.497 e. The highest BCUT2D eigenvalue weighted by molar-refractivity contribution is 6.31. The molecule has 0 atom stereocenters. The van der Waals surface area contributed by atoms with Gasteiger partial charge >= 0.3 is 0 Å². The lowest BCUT2D eigenvalue weighted by molar-refractivity contribution is -0.112. The molecule has 3 aromatic rings. The lowest BCUT2D eigenvalue weighted by Crippen LogP contribution is -2.21. The molecule has 158 valence electrons. The number of benzene rings is 2. The Labute approximate surface area is 180 Å². The van der Waals surface area contributed by atoms with E-state index >= 15 is 0 Å². The number of anilines is 1. The molecule has 0 saturated carbocycles. The molecule has 1 amide bonds. The van der Waals surface area contributed by atoms with Gasteiger partial charge in [0.2, 0.25) is 0 Å². The van der Waals surface area contributed by atoms with Crippen molar-refractivity contribution < 1.29 is 23.8 Å². The van der Waals surface area contributed by atoms with Crippen molar-refractivity contribution in [2.75, 3.05) is 26.6 Å². The fourth-order valence-electron chi connectivity index (χ4n) is 2.90. The molecule has 3 rings (SSSR count). The Kier molecular flexibility index (Phi) is 7.01. The van der Waals surface area contributed by atoms with Crippen molar-refractivity contribution in [1.29, 1.82) is 0 Å². The summed E-state index contributed by atoms with van der Waals surface area (Å²) in [6, 6.07) is 15.3. The van der Waals surface area contributed by atoms with Crippen molar-refractivity contribution in [2.45, 2.75) is 0 Å². The molecule has 0 bridgehead atoms. The summed E-state index contributed by atoms with van der Waals surface area (Å²) in [5.41, 5.74) is 1.35. The molecule has 1 heterocycles. The minimum atomic E-state index is -0.558. The van der Waals surface area contributed by atoms with Crippen LogP contribution in [-0.4, -0.2) is 38.0 Å². The normalized spacial score (nSPS) is 10.9. The van der Waals surface area contributed by atoms with E-state index in [0.29, 0.717) is 34.1 Å². The van der Waals surface area contributed by atoms with Gasteiger partial charge in [-0.15, -0.1) is 0 Å². The molecule has 0 saturated heterocycles. The number of methoxy groups -OCH3 is 3. The Bertz CT molecular complexity index is 1110. The summed E-state index contributed by atoms with van der Waals surface area (Å²) in [6.45, 7) is 0. The van der Waals surface area contributed by atoms with E-state index in [0.717, 1.165) is 0 Å². The first-order valence-electron chi connectivity index (χ1n) is 9.39. The predicted molar refractivity (Wildman–Crippen MR) is 118 cm³/mol. The van der Waals surface area contributed by atoms with Gasteiger partial charge in [0.25, 0.3) is 5.91 Å². The van der Waals surface area contributed by atoms with E-state index < -0.39 is 11.7 Å². The third kappa shape index (κ3) is 5.27. The molecule has 0 aliphatic rings. The summed E-state index contributed by atoms with van der Waals surface area (Å²) >= 11 is 0. The van der Waals surface area contributed by atoms with Crippen molar-refractivity contribution >= 4 is 23.5 Å². The van der Waals surface area contributed by atoms with Gasteiger partial charge in [0.15, 0.2) is 17.3 Å². The van der Waals surface area contributed by atoms with Gasteiger partial charge < -0.3 is 19.5 Å². The van der Waals surface area contributed by atoms with Crippen LogP contribution in [0.1, 0.15) is 15.9 Å². The first-order chi connectivity index (χ1) is 15.0. The van der Waals surface area contributed by atoms with E-state index in [1.807, 2.05) is 0 Å². The van der Waals surface area contributed by atoms with Crippen molar-refractivity contribution in [3.8, 4) is 17.2 Å². The maximum atomic E-state index is 13.1. The van der Waals surface area contributed by atoms with Gasteiger partial charge in [-0.05, 0) is 48.0 Å². The van der Waals surface area contributed by atoms with Gasteiger partial charge in [0.1, 0.15) is 5.75 Å². The number of rotatable bonds is 8. The number of hydrogen-bond acceptors (Lipinski definition) is 6. The van der Waals surface area contributed by atoms with Crippen LogP contribution in [0.5, 0.6) is 17.2 Å². The molecule has 0 radical (unpaired) electrons. The molecule has 0 unspecified atom stereocenters. The summed E-state index contributed by atoms with van der Waals surface area (Å²) in [4.78, 5) is 30.2. The zero-order valence-electron chi connectivity index (χ0n) is 17.4. The highest BCUT2D eigenvalue weighted by Gasteiger charge is 2.21. The minimum absolute atomic E-state index is 0.0527. The summed E-state index contributed by atoms with van der Waals surface area (Å²) in [7, 11) is 4.59. The van der Waals surface area contributed by atoms with Crippen LogP contribution in [-0.2, 0) is 4.79 Å². The van der Waals surface area contributed by atoms with E-state index in [4.69, 9.17) is 14.2 Å². The highest BCUT2D eigenvalue weighted by atomic mass is 16.5. The van der Waals surface area contributed by atoms with Crippen molar-refractivity contribution in [1.82, 2.24) is 4.98 Å². The van der Waals surface area contributed by atoms with E-state index in [-0.39, 0.29) is 5.57 Å². The second-order valence-corrected chi connectivity index (χ2v) is 6.43. The molecular formula is C24H22N2O5. The Morgan fingerprint density at radius 1 is 0.903 bits per heavy atom. The average molecular weight is 418 g/mol. The van der Waals surface area contributed by atoms with Gasteiger partial charge in [0.05, 0.1) is 26.9 Å². The number of Topliss-reactive ketones (excluding diaryl/α,β-unsaturated/α-hetero) is 1. The zero-order chi connectivity index (χ0) is 22.2. The van der Waals surface area contributed by atoms with Crippen LogP contribution in [0, 0.1) is 0 Å². The quantitative estimate of drug-likeness (QED) is 0.257. The monoisotopic (exact) mass is 418 g/mol. The third-order valence-electron chi connectivity index (χ3n) is 4.46. The van der Waals surface area contributed by atoms with Crippen LogP contribution in [0.3, 0.4) is 0 Å². The van der Waals surface area contributed by atoms with Crippen molar-refractivity contribution in [3.05, 3.63) is 83.7 Å². The zero-order valence-corrected chi connectivity index (χ0v) is 17.4. The fraction of sp³-hybridized carbons (Fsp3) is 0.125. The number of amides is 1. The van der Waals surface area contributed by atoms with Crippen LogP contribution in [0.2, 0.25) is 0 Å². The standard InChI is InChI=1S/C24H22N2O5/c1-29-19-8-4-7-18(14-19)26-24(28)20(23(27)17-6-5-11-25-15-17)12-16-9-10-21(30-2)22(13-16)31-3/h4-15H,1-3H3,(H,26,28)/b20-12+. The van der Waals surface area contributed by atoms with Crippen LogP contribution in [0.25, 0.3) is 6.08 Å². The Hall–Kier alpha value is -4.13. The molecule has 2 aromatic carbocycles. The molecule has 0 aliphatic carbocycles. The molecule has 1 aromatic heterocycles. The van der Waals surface area contributed by atoms with Crippen LogP contribution < -0.4 is 19.5 Å². The largest absolute Gasteiger partial charge is 0.497 e. The van der Waals surface area contributed by atoms with Gasteiger partial charge in [-0.1, -0.05) is 12.1 Å². The van der Waals surface area contributed by atoms with E-state index in [1.54, 1.807) is 60.8 Å². The molecule has 0 spiro atoms. The summed E-state index contributed by atoms with van der Waals surface area (Å²) < 4.78 is 15.8. The first kappa shape index (κ1) is 21.6. The smallest absolute Gasteiger partial charge is 0.259 e. The molecule has 0 aliphatic heterocycles. The second-order valence-electron chi connectivity index (χ2n) is 6.43. The number of nitrogens with one attached hydrogen (secondary N) is 1. The molecule has 1 N–H and O–H groups in total. The molecule has 7 nitrogen and oxygen atoms in total. The number of carbonyl (C=O) groups excluding carboxylic acids is 2. The topological polar surface area (TPSA) is 86.8 Å². The Morgan fingerprint density at radius 2 is 1.71 bits per heavy atom. The SMILES string of the molecule is COc1cccc(NC(=O)/C(=C/c2ccc(OC)c(OC)c2)C(=O)c2cccnc2)c1. The fourth-order valence-corrected chi connectivity index (χ4v) is 2.90. The maximum Gasteiger partial charge on any atom is 0.259 e.